The molecule has 0 bridgehead atoms. The number of amides is 1. The average Bonchev–Trinajstić information content (AvgIpc) is 3.25. The molecule has 4 rings (SSSR count). The van der Waals surface area contributed by atoms with Crippen molar-refractivity contribution in [1.29, 1.82) is 0 Å². The lowest BCUT2D eigenvalue weighted by Crippen LogP contribution is -2.43. The van der Waals surface area contributed by atoms with Crippen molar-refractivity contribution in [3.8, 4) is 11.3 Å². The van der Waals surface area contributed by atoms with Gasteiger partial charge in [-0.15, -0.1) is 0 Å². The van der Waals surface area contributed by atoms with Crippen LogP contribution in [0, 0.1) is 0 Å². The second-order valence-electron chi connectivity index (χ2n) is 8.38. The summed E-state index contributed by atoms with van der Waals surface area (Å²) in [6.45, 7) is 5.34. The first-order valence-corrected chi connectivity index (χ1v) is 11.5. The van der Waals surface area contributed by atoms with Crippen molar-refractivity contribution in [1.82, 2.24) is 24.6 Å². The lowest BCUT2D eigenvalue weighted by atomic mass is 10.0. The lowest BCUT2D eigenvalue weighted by Gasteiger charge is -2.29. The van der Waals surface area contributed by atoms with Crippen LogP contribution in [0.1, 0.15) is 31.1 Å². The highest BCUT2D eigenvalue weighted by Gasteiger charge is 2.26. The highest BCUT2D eigenvalue weighted by Crippen LogP contribution is 2.32. The van der Waals surface area contributed by atoms with Crippen LogP contribution in [0.5, 0.6) is 0 Å². The number of nitrogens with zero attached hydrogens (tertiary/aromatic N) is 4. The van der Waals surface area contributed by atoms with Crippen molar-refractivity contribution in [3.05, 3.63) is 48.4 Å². The van der Waals surface area contributed by atoms with E-state index in [2.05, 4.69) is 15.0 Å². The smallest absolute Gasteiger partial charge is 0.277 e. The summed E-state index contributed by atoms with van der Waals surface area (Å²) in [4.78, 5) is 24.6. The molecule has 0 saturated heterocycles. The minimum absolute atomic E-state index is 0.430. The van der Waals surface area contributed by atoms with Gasteiger partial charge in [0.1, 0.15) is 5.52 Å². The predicted octanol–water partition coefficient (Wildman–Crippen LogP) is 3.25. The van der Waals surface area contributed by atoms with Gasteiger partial charge in [-0.1, -0.05) is 0 Å². The van der Waals surface area contributed by atoms with Gasteiger partial charge in [-0.25, -0.2) is 10.0 Å². The molecule has 11 heteroatoms. The second kappa shape index (κ2) is 8.34. The van der Waals surface area contributed by atoms with Gasteiger partial charge in [0.15, 0.2) is 5.65 Å². The van der Waals surface area contributed by atoms with E-state index in [4.69, 9.17) is 4.55 Å². The maximum Gasteiger partial charge on any atom is 0.277 e. The van der Waals surface area contributed by atoms with Crippen molar-refractivity contribution in [3.63, 3.8) is 0 Å². The molecular weight excluding hydrogens is 434 g/mol. The highest BCUT2D eigenvalue weighted by atomic mass is 32.2. The van der Waals surface area contributed by atoms with E-state index < -0.39 is 21.6 Å². The Labute approximate surface area is 185 Å². The molecule has 0 unspecified atom stereocenters. The highest BCUT2D eigenvalue weighted by molar-refractivity contribution is 7.85. The van der Waals surface area contributed by atoms with Crippen LogP contribution in [0.4, 0.5) is 0 Å². The van der Waals surface area contributed by atoms with Gasteiger partial charge in [-0.2, -0.15) is 8.42 Å². The van der Waals surface area contributed by atoms with Crippen molar-refractivity contribution < 1.29 is 23.0 Å². The quantitative estimate of drug-likeness (QED) is 0.237. The molecule has 0 atom stereocenters. The van der Waals surface area contributed by atoms with E-state index in [1.807, 2.05) is 36.0 Å². The van der Waals surface area contributed by atoms with E-state index in [0.29, 0.717) is 17.5 Å². The summed E-state index contributed by atoms with van der Waals surface area (Å²) in [6, 6.07) is 7.38. The Bertz CT molecular complexity index is 1360. The zero-order chi connectivity index (χ0) is 23.8. The number of rotatable bonds is 2. The minimum Gasteiger partial charge on any atom is -0.350 e. The first-order valence-electron chi connectivity index (χ1n) is 9.61. The number of hydrogen-bond donors (Lipinski definition) is 3. The number of carbonyl (C=O) groups is 1. The second-order valence-corrected chi connectivity index (χ2v) is 9.85. The summed E-state index contributed by atoms with van der Waals surface area (Å²) >= 11 is 0. The van der Waals surface area contributed by atoms with Crippen LogP contribution in [0.3, 0.4) is 0 Å². The molecule has 10 nitrogen and oxygen atoms in total. The normalized spacial score (nSPS) is 12.0. The Morgan fingerprint density at radius 1 is 1.16 bits per heavy atom. The van der Waals surface area contributed by atoms with Gasteiger partial charge in [0.25, 0.3) is 16.0 Å². The molecule has 0 spiro atoms. The van der Waals surface area contributed by atoms with Gasteiger partial charge in [0, 0.05) is 47.7 Å². The standard InChI is InChI=1S/C20H21N5O2.CH4O3S/c1-20(2,3)25(27)19(26)12-5-6-17-13(9-12)14(11-24(17)4)15-10-16-18(23-15)22-8-7-21-16;1-5(2,3)4/h5-11,27H,1-4H3,(H,22,23);1H3,(H,2,3,4). The third kappa shape index (κ3) is 5.13. The summed E-state index contributed by atoms with van der Waals surface area (Å²) in [5, 5.41) is 11.9. The van der Waals surface area contributed by atoms with E-state index >= 15 is 0 Å². The zero-order valence-corrected chi connectivity index (χ0v) is 19.2. The number of carbonyl (C=O) groups excluding carboxylic acids is 1. The van der Waals surface area contributed by atoms with Gasteiger partial charge in [0.05, 0.1) is 17.5 Å². The number of nitrogens with one attached hydrogen (secondary N) is 1. The predicted molar refractivity (Wildman–Crippen MR) is 121 cm³/mol. The summed E-state index contributed by atoms with van der Waals surface area (Å²) in [5.74, 6) is -0.431. The number of hydrogen-bond acceptors (Lipinski definition) is 6. The number of aromatic amines is 1. The Balaban J connectivity index is 0.000000523. The van der Waals surface area contributed by atoms with Crippen LogP contribution in [0.2, 0.25) is 0 Å². The monoisotopic (exact) mass is 459 g/mol. The molecule has 1 aromatic carbocycles. The molecule has 0 aliphatic carbocycles. The van der Waals surface area contributed by atoms with Crippen LogP contribution in [-0.2, 0) is 17.2 Å². The van der Waals surface area contributed by atoms with Crippen molar-refractivity contribution in [2.24, 2.45) is 7.05 Å². The SMILES string of the molecule is CS(=O)(=O)O.Cn1cc(-c2cc3nccnc3[nH]2)c2cc(C(=O)N(O)C(C)(C)C)ccc21. The maximum atomic E-state index is 12.7. The van der Waals surface area contributed by atoms with E-state index in [9.17, 15) is 18.4 Å². The van der Waals surface area contributed by atoms with Gasteiger partial charge in [-0.05, 0) is 45.0 Å². The first kappa shape index (κ1) is 23.4. The summed E-state index contributed by atoms with van der Waals surface area (Å²) < 4.78 is 27.9. The Morgan fingerprint density at radius 2 is 1.78 bits per heavy atom. The first-order chi connectivity index (χ1) is 14.8. The van der Waals surface area contributed by atoms with E-state index in [1.54, 1.807) is 39.2 Å². The topological polar surface area (TPSA) is 141 Å². The molecule has 0 radical (unpaired) electrons. The molecule has 0 aliphatic heterocycles. The summed E-state index contributed by atoms with van der Waals surface area (Å²) in [5.41, 5.74) is 4.06. The zero-order valence-electron chi connectivity index (χ0n) is 18.4. The molecule has 4 aromatic rings. The van der Waals surface area contributed by atoms with Gasteiger partial charge in [0.2, 0.25) is 0 Å². The van der Waals surface area contributed by atoms with Crippen molar-refractivity contribution in [2.75, 3.05) is 6.26 Å². The lowest BCUT2D eigenvalue weighted by molar-refractivity contribution is -0.114. The summed E-state index contributed by atoms with van der Waals surface area (Å²) in [6.07, 6.45) is 6.02. The van der Waals surface area contributed by atoms with Crippen LogP contribution < -0.4 is 0 Å². The van der Waals surface area contributed by atoms with Crippen LogP contribution >= 0.6 is 0 Å². The Kier molecular flexibility index (Phi) is 6.09. The fourth-order valence-corrected chi connectivity index (χ4v) is 3.16. The molecule has 170 valence electrons. The molecule has 3 N–H and O–H groups in total. The molecule has 32 heavy (non-hydrogen) atoms. The number of aryl methyl sites for hydroxylation is 1. The van der Waals surface area contributed by atoms with Gasteiger partial charge in [-0.3, -0.25) is 19.5 Å². The molecule has 1 amide bonds. The van der Waals surface area contributed by atoms with E-state index in [0.717, 1.165) is 32.7 Å². The Hall–Kier alpha value is -3.28. The molecule has 0 fully saturated rings. The fourth-order valence-electron chi connectivity index (χ4n) is 3.16. The molecule has 0 aliphatic rings. The number of H-pyrrole nitrogens is 1. The third-order valence-corrected chi connectivity index (χ3v) is 4.62. The molecular formula is C21H25N5O5S. The molecule has 0 saturated carbocycles. The van der Waals surface area contributed by atoms with Gasteiger partial charge >= 0.3 is 0 Å². The molecule has 3 aromatic heterocycles. The van der Waals surface area contributed by atoms with Crippen molar-refractivity contribution >= 4 is 38.1 Å². The average molecular weight is 460 g/mol. The number of hydroxylamine groups is 2. The Morgan fingerprint density at radius 3 is 2.38 bits per heavy atom. The fraction of sp³-hybridized carbons (Fsp3) is 0.286. The van der Waals surface area contributed by atoms with Crippen LogP contribution in [-0.4, -0.2) is 60.5 Å². The minimum atomic E-state index is -3.67. The number of benzene rings is 1. The summed E-state index contributed by atoms with van der Waals surface area (Å²) in [7, 11) is -1.71. The number of fused-ring (bicyclic) bond motifs is 2. The third-order valence-electron chi connectivity index (χ3n) is 4.62. The maximum absolute atomic E-state index is 12.7. The van der Waals surface area contributed by atoms with Gasteiger partial charge < -0.3 is 9.55 Å². The molecule has 3 heterocycles. The van der Waals surface area contributed by atoms with Crippen LogP contribution in [0.15, 0.2) is 42.9 Å². The van der Waals surface area contributed by atoms with Crippen LogP contribution in [0.25, 0.3) is 33.3 Å². The van der Waals surface area contributed by atoms with E-state index in [1.165, 1.54) is 0 Å². The number of aromatic nitrogens is 4. The van der Waals surface area contributed by atoms with Crippen molar-refractivity contribution in [2.45, 2.75) is 26.3 Å². The van der Waals surface area contributed by atoms with E-state index in [-0.39, 0.29) is 0 Å². The largest absolute Gasteiger partial charge is 0.350 e.